The van der Waals surface area contributed by atoms with Crippen LogP contribution in [0.3, 0.4) is 0 Å². The summed E-state index contributed by atoms with van der Waals surface area (Å²) in [6.45, 7) is 0. The van der Waals surface area contributed by atoms with Gasteiger partial charge < -0.3 is 9.47 Å². The smallest absolute Gasteiger partial charge is 0.179 e. The number of hydrogen-bond donors (Lipinski definition) is 0. The second-order valence-electron chi connectivity index (χ2n) is 18.2. The fourth-order valence-corrected chi connectivity index (χ4v) is 12.5. The van der Waals surface area contributed by atoms with Gasteiger partial charge in [0.1, 0.15) is 11.5 Å². The van der Waals surface area contributed by atoms with Crippen LogP contribution in [0.5, 0.6) is 11.5 Å². The third-order valence-corrected chi connectivity index (χ3v) is 15.3. The highest BCUT2D eigenvalue weighted by molar-refractivity contribution is 5.99. The van der Waals surface area contributed by atoms with Gasteiger partial charge in [0, 0.05) is 33.4 Å². The van der Waals surface area contributed by atoms with Crippen LogP contribution < -0.4 is 9.47 Å². The number of hydrogen-bond acceptors (Lipinski definition) is 2. The van der Waals surface area contributed by atoms with E-state index in [9.17, 15) is 0 Å². The lowest BCUT2D eigenvalue weighted by atomic mass is 9.67. The molecular weight excluding hydrogens is 789 g/mol. The minimum Gasteiger partial charge on any atom is -0.473 e. The van der Waals surface area contributed by atoms with Crippen LogP contribution in [0.1, 0.15) is 55.6 Å². The number of fused-ring (bicyclic) bond motifs is 19. The Morgan fingerprint density at radius 3 is 0.985 bits per heavy atom. The molecule has 0 saturated carbocycles. The van der Waals surface area contributed by atoms with E-state index in [1.54, 1.807) is 0 Å². The Hall–Kier alpha value is -8.20. The van der Waals surface area contributed by atoms with Crippen molar-refractivity contribution >= 4 is 33.7 Å². The van der Waals surface area contributed by atoms with Crippen LogP contribution in [0.2, 0.25) is 0 Å². The first kappa shape index (κ1) is 35.3. The zero-order chi connectivity index (χ0) is 42.5. The number of rotatable bonds is 2. The topological polar surface area (TPSA) is 18.5 Å². The monoisotopic (exact) mass is 826 g/mol. The van der Waals surface area contributed by atoms with Gasteiger partial charge in [0.05, 0.1) is 5.41 Å². The first-order valence-electron chi connectivity index (χ1n) is 22.6. The molecule has 2 spiro atoms. The molecule has 0 atom stereocenters. The maximum Gasteiger partial charge on any atom is 0.179 e. The minimum atomic E-state index is -0.666. The molecule has 2 nitrogen and oxygen atoms in total. The van der Waals surface area contributed by atoms with E-state index in [4.69, 9.17) is 9.47 Å². The quantitative estimate of drug-likeness (QED) is 0.173. The Bertz CT molecular complexity index is 3470. The van der Waals surface area contributed by atoms with Gasteiger partial charge in [-0.05, 0) is 126 Å². The van der Waals surface area contributed by atoms with E-state index in [1.807, 2.05) is 0 Å². The summed E-state index contributed by atoms with van der Waals surface area (Å²) in [5.41, 5.74) is 17.6. The average molecular weight is 827 g/mol. The molecule has 0 aromatic heterocycles. The van der Waals surface area contributed by atoms with Crippen molar-refractivity contribution in [3.05, 3.63) is 274 Å². The predicted octanol–water partition coefficient (Wildman–Crippen LogP) is 15.0. The first-order valence-corrected chi connectivity index (χ1v) is 22.6. The summed E-state index contributed by atoms with van der Waals surface area (Å²) in [6, 6.07) is 75.8. The highest BCUT2D eigenvalue weighted by atomic mass is 16.5. The Labute approximate surface area is 377 Å². The van der Waals surface area contributed by atoms with Crippen LogP contribution in [0, 0.1) is 0 Å². The molecule has 2 aliphatic heterocycles. The molecule has 0 fully saturated rings. The summed E-state index contributed by atoms with van der Waals surface area (Å²) < 4.78 is 14.4. The van der Waals surface area contributed by atoms with E-state index >= 15 is 0 Å². The standard InChI is InChI=1S/C63H38O2/c1-7-19-53-45(13-1)46-14-2-8-20-54(46)61(53)35-33-51-43-29-27-41(37-39(43)25-31-59(51)64-61)63(57-23-11-5-17-49(57)50-18-6-12-24-58(50)63)42-28-30-44-40(38-42)26-32-60-52(44)34-36-62(65-60)55-21-9-3-15-47(55)48-16-4-10-22-56(48)62/h1-38H. The summed E-state index contributed by atoms with van der Waals surface area (Å²) >= 11 is 0. The van der Waals surface area contributed by atoms with Gasteiger partial charge in [-0.3, -0.25) is 0 Å². The molecule has 0 amide bonds. The van der Waals surface area contributed by atoms with Crippen molar-refractivity contribution in [3.63, 3.8) is 0 Å². The molecule has 65 heavy (non-hydrogen) atoms. The predicted molar refractivity (Wildman–Crippen MR) is 263 cm³/mol. The van der Waals surface area contributed by atoms with E-state index in [2.05, 4.69) is 231 Å². The van der Waals surface area contributed by atoms with Crippen molar-refractivity contribution in [3.8, 4) is 44.9 Å². The minimum absolute atomic E-state index is 0.567. The highest BCUT2D eigenvalue weighted by Crippen LogP contribution is 2.59. The van der Waals surface area contributed by atoms with E-state index in [0.29, 0.717) is 0 Å². The molecule has 10 aromatic carbocycles. The Morgan fingerprint density at radius 2 is 0.615 bits per heavy atom. The largest absolute Gasteiger partial charge is 0.473 e. The fraction of sp³-hybridized carbons (Fsp3) is 0.0476. The molecule has 10 aromatic rings. The molecular formula is C63H38O2. The summed E-state index contributed by atoms with van der Waals surface area (Å²) in [5, 5.41) is 4.71. The van der Waals surface area contributed by atoms with E-state index < -0.39 is 16.6 Å². The lowest BCUT2D eigenvalue weighted by Crippen LogP contribution is -2.32. The van der Waals surface area contributed by atoms with Crippen molar-refractivity contribution < 1.29 is 9.47 Å². The summed E-state index contributed by atoms with van der Waals surface area (Å²) in [5.74, 6) is 1.79. The van der Waals surface area contributed by atoms with Crippen LogP contribution in [0.25, 0.3) is 67.1 Å². The average Bonchev–Trinajstić information content (AvgIpc) is 3.93. The van der Waals surface area contributed by atoms with Crippen LogP contribution in [0.15, 0.2) is 218 Å². The van der Waals surface area contributed by atoms with Gasteiger partial charge >= 0.3 is 0 Å². The van der Waals surface area contributed by atoms with E-state index in [1.165, 1.54) is 99.4 Å². The van der Waals surface area contributed by atoms with E-state index in [0.717, 1.165) is 22.6 Å². The van der Waals surface area contributed by atoms with Crippen LogP contribution in [-0.2, 0) is 16.6 Å². The van der Waals surface area contributed by atoms with Crippen LogP contribution in [-0.4, -0.2) is 0 Å². The van der Waals surface area contributed by atoms with Gasteiger partial charge in [-0.1, -0.05) is 182 Å². The van der Waals surface area contributed by atoms with Gasteiger partial charge in [-0.2, -0.15) is 0 Å². The van der Waals surface area contributed by atoms with Crippen molar-refractivity contribution in [1.29, 1.82) is 0 Å². The van der Waals surface area contributed by atoms with Crippen LogP contribution >= 0.6 is 0 Å². The zero-order valence-corrected chi connectivity index (χ0v) is 35.3. The third-order valence-electron chi connectivity index (χ3n) is 15.3. The molecule has 2 heterocycles. The second kappa shape index (κ2) is 12.5. The van der Waals surface area contributed by atoms with Gasteiger partial charge in [-0.15, -0.1) is 0 Å². The third kappa shape index (κ3) is 4.39. The summed E-state index contributed by atoms with van der Waals surface area (Å²) in [7, 11) is 0. The Balaban J connectivity index is 0.888. The maximum absolute atomic E-state index is 7.19. The van der Waals surface area contributed by atoms with Crippen molar-refractivity contribution in [2.45, 2.75) is 16.6 Å². The van der Waals surface area contributed by atoms with Crippen LogP contribution in [0.4, 0.5) is 0 Å². The second-order valence-corrected chi connectivity index (χ2v) is 18.2. The summed E-state index contributed by atoms with van der Waals surface area (Å²) in [4.78, 5) is 0. The molecule has 0 radical (unpaired) electrons. The lowest BCUT2D eigenvalue weighted by molar-refractivity contribution is 0.166. The summed E-state index contributed by atoms with van der Waals surface area (Å²) in [6.07, 6.45) is 9.14. The number of ether oxygens (including phenoxy) is 2. The Kier molecular flexibility index (Phi) is 6.78. The fourth-order valence-electron chi connectivity index (χ4n) is 12.5. The zero-order valence-electron chi connectivity index (χ0n) is 35.3. The Morgan fingerprint density at radius 1 is 0.292 bits per heavy atom. The first-order chi connectivity index (χ1) is 32.2. The lowest BCUT2D eigenvalue weighted by Gasteiger charge is -2.36. The van der Waals surface area contributed by atoms with E-state index in [-0.39, 0.29) is 0 Å². The normalized spacial score (nSPS) is 16.2. The van der Waals surface area contributed by atoms with Gasteiger partial charge in [0.2, 0.25) is 0 Å². The van der Waals surface area contributed by atoms with Crippen molar-refractivity contribution in [1.82, 2.24) is 0 Å². The highest BCUT2D eigenvalue weighted by Gasteiger charge is 2.49. The molecule has 5 aliphatic rings. The van der Waals surface area contributed by atoms with Crippen molar-refractivity contribution in [2.75, 3.05) is 0 Å². The molecule has 0 bridgehead atoms. The number of benzene rings is 10. The molecule has 0 N–H and O–H groups in total. The molecule has 302 valence electrons. The van der Waals surface area contributed by atoms with Gasteiger partial charge in [-0.25, -0.2) is 0 Å². The maximum atomic E-state index is 7.19. The molecule has 2 heteroatoms. The SMILES string of the molecule is C1=CC2(Oc3ccc4cc(C5(c6ccc7c8c(ccc7c6)OC6(C=C8)c7ccccc7-c7ccccc76)c6ccccc6-c6ccccc65)ccc4c31)c1ccccc1-c1ccccc12. The van der Waals surface area contributed by atoms with Gasteiger partial charge in [0.15, 0.2) is 11.2 Å². The molecule has 3 aliphatic carbocycles. The molecule has 15 rings (SSSR count). The van der Waals surface area contributed by atoms with Crippen molar-refractivity contribution in [2.24, 2.45) is 0 Å². The van der Waals surface area contributed by atoms with Gasteiger partial charge in [0.25, 0.3) is 0 Å². The molecule has 0 unspecified atom stereocenters. The molecule has 0 saturated heterocycles.